The van der Waals surface area contributed by atoms with Crippen LogP contribution < -0.4 is 5.32 Å². The maximum atomic E-state index is 15.0. The number of hydrogen-bond acceptors (Lipinski definition) is 7. The minimum absolute atomic E-state index is 0.338. The molecule has 0 spiro atoms. The Kier molecular flexibility index (Phi) is 6.80. The van der Waals surface area contributed by atoms with E-state index in [4.69, 9.17) is 0 Å². The first-order chi connectivity index (χ1) is 18.2. The van der Waals surface area contributed by atoms with Gasteiger partial charge in [-0.3, -0.25) is 10.00 Å². The molecule has 1 aliphatic carbocycles. The molecule has 0 bridgehead atoms. The molecular formula is C28H33FN8. The van der Waals surface area contributed by atoms with Gasteiger partial charge in [0.25, 0.3) is 0 Å². The van der Waals surface area contributed by atoms with Crippen molar-refractivity contribution in [3.63, 3.8) is 0 Å². The van der Waals surface area contributed by atoms with E-state index in [0.717, 1.165) is 63.2 Å². The first kappa shape index (κ1) is 23.9. The van der Waals surface area contributed by atoms with E-state index in [1.165, 1.54) is 24.5 Å². The van der Waals surface area contributed by atoms with Gasteiger partial charge < -0.3 is 10.2 Å². The predicted octanol–water partition coefficient (Wildman–Crippen LogP) is 5.09. The van der Waals surface area contributed by atoms with Crippen LogP contribution in [0, 0.1) is 5.82 Å². The molecule has 0 atom stereocenters. The normalized spacial score (nSPS) is 17.6. The zero-order valence-electron chi connectivity index (χ0n) is 21.3. The van der Waals surface area contributed by atoms with Crippen molar-refractivity contribution < 1.29 is 4.39 Å². The van der Waals surface area contributed by atoms with E-state index in [1.54, 1.807) is 12.3 Å². The summed E-state index contributed by atoms with van der Waals surface area (Å²) >= 11 is 0. The smallest absolute Gasteiger partial charge is 0.228 e. The van der Waals surface area contributed by atoms with Gasteiger partial charge in [-0.15, -0.1) is 0 Å². The molecule has 1 saturated heterocycles. The fourth-order valence-electron chi connectivity index (χ4n) is 5.58. The van der Waals surface area contributed by atoms with E-state index >= 15 is 0 Å². The second-order valence-electron chi connectivity index (χ2n) is 10.1. The monoisotopic (exact) mass is 500 g/mol. The molecule has 0 radical (unpaired) electrons. The van der Waals surface area contributed by atoms with Crippen molar-refractivity contribution in [1.82, 2.24) is 34.9 Å². The van der Waals surface area contributed by atoms with Crippen molar-refractivity contribution in [2.75, 3.05) is 38.0 Å². The molecular weight excluding hydrogens is 467 g/mol. The second-order valence-corrected chi connectivity index (χ2v) is 10.1. The first-order valence-corrected chi connectivity index (χ1v) is 13.3. The van der Waals surface area contributed by atoms with E-state index < -0.39 is 0 Å². The van der Waals surface area contributed by atoms with Crippen LogP contribution in [0.15, 0.2) is 42.7 Å². The number of benzene rings is 1. The zero-order valence-corrected chi connectivity index (χ0v) is 21.3. The van der Waals surface area contributed by atoms with E-state index in [2.05, 4.69) is 53.3 Å². The molecule has 6 rings (SSSR count). The van der Waals surface area contributed by atoms with Gasteiger partial charge in [0.1, 0.15) is 11.3 Å². The summed E-state index contributed by atoms with van der Waals surface area (Å²) in [6, 6.07) is 9.35. The van der Waals surface area contributed by atoms with Crippen molar-refractivity contribution >= 4 is 22.7 Å². The molecule has 0 amide bonds. The highest BCUT2D eigenvalue weighted by Gasteiger charge is 2.23. The van der Waals surface area contributed by atoms with E-state index in [-0.39, 0.29) is 5.82 Å². The summed E-state index contributed by atoms with van der Waals surface area (Å²) in [4.78, 5) is 18.5. The van der Waals surface area contributed by atoms with Crippen LogP contribution in [0.4, 0.5) is 16.2 Å². The highest BCUT2D eigenvalue weighted by Crippen LogP contribution is 2.38. The van der Waals surface area contributed by atoms with Crippen molar-refractivity contribution in [2.24, 2.45) is 0 Å². The molecule has 8 nitrogen and oxygen atoms in total. The number of anilines is 2. The summed E-state index contributed by atoms with van der Waals surface area (Å²) < 4.78 is 15.0. The number of likely N-dealkylation sites (N-methyl/N-ethyl adjacent to an activating group) is 1. The summed E-state index contributed by atoms with van der Waals surface area (Å²) in [6.07, 6.45) is 8.24. The number of nitrogens with zero attached hydrogens (tertiary/aromatic N) is 6. The summed E-state index contributed by atoms with van der Waals surface area (Å²) in [5.74, 6) is 1.18. The Labute approximate surface area is 216 Å². The molecule has 1 aliphatic heterocycles. The van der Waals surface area contributed by atoms with Crippen LogP contribution in [0.1, 0.15) is 49.8 Å². The number of rotatable bonds is 7. The molecule has 3 aromatic heterocycles. The number of hydrogen-bond donors (Lipinski definition) is 2. The van der Waals surface area contributed by atoms with Crippen molar-refractivity contribution in [3.05, 3.63) is 59.8 Å². The van der Waals surface area contributed by atoms with E-state index in [9.17, 15) is 4.39 Å². The SMILES string of the molecule is CCN1CCN(Cc2ccc(Nc3nccc(-c4cc(F)c5n[nH]c(C6CCCC6)c5c4)n3)nc2)CC1. The maximum absolute atomic E-state index is 15.0. The van der Waals surface area contributed by atoms with Gasteiger partial charge in [-0.05, 0) is 49.2 Å². The number of piperazine rings is 1. The number of fused-ring (bicyclic) bond motifs is 1. The quantitative estimate of drug-likeness (QED) is 0.365. The third-order valence-electron chi connectivity index (χ3n) is 7.74. The van der Waals surface area contributed by atoms with Gasteiger partial charge in [-0.25, -0.2) is 19.3 Å². The molecule has 0 unspecified atom stereocenters. The Balaban J connectivity index is 1.17. The van der Waals surface area contributed by atoms with E-state index in [1.807, 2.05) is 18.3 Å². The number of aromatic amines is 1. The fourth-order valence-corrected chi connectivity index (χ4v) is 5.58. The summed E-state index contributed by atoms with van der Waals surface area (Å²) in [5, 5.41) is 11.4. The molecule has 192 valence electrons. The number of halogens is 1. The van der Waals surface area contributed by atoms with Crippen molar-refractivity contribution in [2.45, 2.75) is 45.1 Å². The Morgan fingerprint density at radius 3 is 2.59 bits per heavy atom. The Bertz CT molecular complexity index is 1350. The van der Waals surface area contributed by atoms with Gasteiger partial charge in [0.2, 0.25) is 5.95 Å². The zero-order chi connectivity index (χ0) is 25.2. The van der Waals surface area contributed by atoms with Crippen LogP contribution in [-0.2, 0) is 6.54 Å². The van der Waals surface area contributed by atoms with Crippen LogP contribution in [0.25, 0.3) is 22.2 Å². The van der Waals surface area contributed by atoms with Crippen LogP contribution >= 0.6 is 0 Å². The highest BCUT2D eigenvalue weighted by molar-refractivity contribution is 5.87. The predicted molar refractivity (Wildman–Crippen MR) is 143 cm³/mol. The molecule has 1 aromatic carbocycles. The van der Waals surface area contributed by atoms with Crippen LogP contribution in [-0.4, -0.2) is 67.7 Å². The van der Waals surface area contributed by atoms with Crippen LogP contribution in [0.2, 0.25) is 0 Å². The Hall–Kier alpha value is -3.43. The average molecular weight is 501 g/mol. The lowest BCUT2D eigenvalue weighted by Crippen LogP contribution is -2.45. The van der Waals surface area contributed by atoms with Crippen LogP contribution in [0.5, 0.6) is 0 Å². The fraction of sp³-hybridized carbons (Fsp3) is 0.429. The largest absolute Gasteiger partial charge is 0.309 e. The lowest BCUT2D eigenvalue weighted by atomic mass is 9.98. The van der Waals surface area contributed by atoms with Gasteiger partial charge in [-0.1, -0.05) is 25.8 Å². The highest BCUT2D eigenvalue weighted by atomic mass is 19.1. The third kappa shape index (κ3) is 5.19. The number of aromatic nitrogens is 5. The lowest BCUT2D eigenvalue weighted by molar-refractivity contribution is 0.132. The molecule has 9 heteroatoms. The molecule has 2 N–H and O–H groups in total. The average Bonchev–Trinajstić information content (AvgIpc) is 3.61. The Morgan fingerprint density at radius 1 is 1.03 bits per heavy atom. The number of nitrogens with one attached hydrogen (secondary N) is 2. The molecule has 37 heavy (non-hydrogen) atoms. The van der Waals surface area contributed by atoms with Gasteiger partial charge in [0, 0.05) is 67.7 Å². The number of H-pyrrole nitrogens is 1. The van der Waals surface area contributed by atoms with Gasteiger partial charge in [0.15, 0.2) is 5.82 Å². The lowest BCUT2D eigenvalue weighted by Gasteiger charge is -2.33. The van der Waals surface area contributed by atoms with Gasteiger partial charge >= 0.3 is 0 Å². The number of pyridine rings is 1. The first-order valence-electron chi connectivity index (χ1n) is 13.3. The third-order valence-corrected chi connectivity index (χ3v) is 7.74. The molecule has 2 aliphatic rings. The molecule has 1 saturated carbocycles. The standard InChI is InChI=1S/C28H33FN8/c1-2-36-11-13-37(14-12-36)18-19-7-8-25(31-17-19)33-28-30-10-9-24(32-28)21-15-22-26(20-5-3-4-6-20)34-35-27(22)23(29)16-21/h7-10,15-17,20H,2-6,11-14,18H2,1H3,(H,34,35)(H,30,31,32,33). The van der Waals surface area contributed by atoms with Gasteiger partial charge in [-0.2, -0.15) is 5.10 Å². The topological polar surface area (TPSA) is 85.9 Å². The Morgan fingerprint density at radius 2 is 1.84 bits per heavy atom. The van der Waals surface area contributed by atoms with Crippen molar-refractivity contribution in [1.29, 1.82) is 0 Å². The second kappa shape index (κ2) is 10.5. The minimum atomic E-state index is -0.338. The minimum Gasteiger partial charge on any atom is -0.309 e. The maximum Gasteiger partial charge on any atom is 0.228 e. The molecule has 4 heterocycles. The van der Waals surface area contributed by atoms with Crippen LogP contribution in [0.3, 0.4) is 0 Å². The van der Waals surface area contributed by atoms with E-state index in [0.29, 0.717) is 34.5 Å². The summed E-state index contributed by atoms with van der Waals surface area (Å²) in [5.41, 5.74) is 3.99. The summed E-state index contributed by atoms with van der Waals surface area (Å²) in [6.45, 7) is 8.65. The molecule has 2 fully saturated rings. The summed E-state index contributed by atoms with van der Waals surface area (Å²) in [7, 11) is 0. The van der Waals surface area contributed by atoms with Crippen molar-refractivity contribution in [3.8, 4) is 11.3 Å². The molecule has 4 aromatic rings. The van der Waals surface area contributed by atoms with Gasteiger partial charge in [0.05, 0.1) is 5.69 Å².